The molecule has 112 valence electrons. The van der Waals surface area contributed by atoms with Crippen LogP contribution in [0.1, 0.15) is 23.2 Å². The molecular formula is C13H17Cl2IN2O2. The number of rotatable bonds is 3. The molecule has 4 nitrogen and oxygen atoms in total. The fraction of sp³-hybridized carbons (Fsp3) is 0.462. The van der Waals surface area contributed by atoms with Crippen LogP contribution < -0.4 is 15.4 Å². The predicted octanol–water partition coefficient (Wildman–Crippen LogP) is 2.86. The highest BCUT2D eigenvalue weighted by atomic mass is 127. The lowest BCUT2D eigenvalue weighted by atomic mass is 10.1. The summed E-state index contributed by atoms with van der Waals surface area (Å²) in [5.74, 6) is 0.416. The monoisotopic (exact) mass is 430 g/mol. The minimum Gasteiger partial charge on any atom is -0.496 e. The van der Waals surface area contributed by atoms with Crippen LogP contribution >= 0.6 is 46.6 Å². The number of carbonyl (C=O) groups excluding carboxylic acids is 1. The van der Waals surface area contributed by atoms with E-state index in [1.165, 1.54) is 0 Å². The Labute approximate surface area is 143 Å². The van der Waals surface area contributed by atoms with Gasteiger partial charge in [-0.1, -0.05) is 11.6 Å². The normalized spacial score (nSPS) is 18.1. The Balaban J connectivity index is 0.00000200. The standard InChI is InChI=1S/C13H16ClIN2O2.ClH/c1-19-12-6-11(15)10(14)5-9(12)13(18)17-8-3-2-4-16-7-8;/h5-6,8,16H,2-4,7H2,1H3,(H,17,18);1H/t8-;/m0./s1. The van der Waals surface area contributed by atoms with Gasteiger partial charge in [0.2, 0.25) is 0 Å². The van der Waals surface area contributed by atoms with E-state index in [4.69, 9.17) is 16.3 Å². The topological polar surface area (TPSA) is 50.4 Å². The third-order valence-corrected chi connectivity index (χ3v) is 4.64. The Morgan fingerprint density at radius 3 is 2.90 bits per heavy atom. The first-order chi connectivity index (χ1) is 9.11. The summed E-state index contributed by atoms with van der Waals surface area (Å²) < 4.78 is 6.12. The first-order valence-electron chi connectivity index (χ1n) is 6.16. The molecule has 2 rings (SSSR count). The van der Waals surface area contributed by atoms with Crippen molar-refractivity contribution in [3.8, 4) is 5.75 Å². The van der Waals surface area contributed by atoms with Crippen molar-refractivity contribution in [2.24, 2.45) is 0 Å². The van der Waals surface area contributed by atoms with Crippen LogP contribution in [-0.2, 0) is 0 Å². The van der Waals surface area contributed by atoms with Crippen LogP contribution in [0, 0.1) is 3.57 Å². The molecule has 1 aromatic carbocycles. The molecule has 1 aliphatic heterocycles. The lowest BCUT2D eigenvalue weighted by Crippen LogP contribution is -2.45. The maximum absolute atomic E-state index is 12.3. The number of halogens is 3. The van der Waals surface area contributed by atoms with Crippen LogP contribution in [0.4, 0.5) is 0 Å². The summed E-state index contributed by atoms with van der Waals surface area (Å²) in [4.78, 5) is 12.3. The van der Waals surface area contributed by atoms with Gasteiger partial charge in [-0.15, -0.1) is 12.4 Å². The number of hydrogen-bond acceptors (Lipinski definition) is 3. The van der Waals surface area contributed by atoms with E-state index < -0.39 is 0 Å². The maximum atomic E-state index is 12.3. The van der Waals surface area contributed by atoms with E-state index in [9.17, 15) is 4.79 Å². The van der Waals surface area contributed by atoms with Crippen molar-refractivity contribution in [1.29, 1.82) is 0 Å². The smallest absolute Gasteiger partial charge is 0.255 e. The Morgan fingerprint density at radius 1 is 1.55 bits per heavy atom. The van der Waals surface area contributed by atoms with E-state index >= 15 is 0 Å². The lowest BCUT2D eigenvalue weighted by Gasteiger charge is -2.24. The molecular weight excluding hydrogens is 414 g/mol. The number of amides is 1. The van der Waals surface area contributed by atoms with Crippen molar-refractivity contribution >= 4 is 52.5 Å². The van der Waals surface area contributed by atoms with Crippen molar-refractivity contribution in [3.63, 3.8) is 0 Å². The number of methoxy groups -OCH3 is 1. The largest absolute Gasteiger partial charge is 0.496 e. The number of carbonyl (C=O) groups is 1. The third-order valence-electron chi connectivity index (χ3n) is 3.12. The van der Waals surface area contributed by atoms with E-state index in [1.807, 2.05) is 0 Å². The highest BCUT2D eigenvalue weighted by Gasteiger charge is 2.20. The lowest BCUT2D eigenvalue weighted by molar-refractivity contribution is 0.0927. The third kappa shape index (κ3) is 4.38. The van der Waals surface area contributed by atoms with E-state index in [-0.39, 0.29) is 24.4 Å². The van der Waals surface area contributed by atoms with Crippen LogP contribution in [0.15, 0.2) is 12.1 Å². The van der Waals surface area contributed by atoms with Gasteiger partial charge in [0.15, 0.2) is 0 Å². The van der Waals surface area contributed by atoms with Crippen molar-refractivity contribution in [1.82, 2.24) is 10.6 Å². The number of hydrogen-bond donors (Lipinski definition) is 2. The zero-order valence-electron chi connectivity index (χ0n) is 11.0. The Kier molecular flexibility index (Phi) is 7.36. The summed E-state index contributed by atoms with van der Waals surface area (Å²) in [6, 6.07) is 3.61. The molecule has 1 saturated heterocycles. The summed E-state index contributed by atoms with van der Waals surface area (Å²) in [5, 5.41) is 6.84. The first-order valence-corrected chi connectivity index (χ1v) is 7.62. The van der Waals surface area contributed by atoms with Gasteiger partial charge in [0.1, 0.15) is 5.75 Å². The van der Waals surface area contributed by atoms with Gasteiger partial charge in [0.05, 0.1) is 17.7 Å². The molecule has 0 unspecified atom stereocenters. The van der Waals surface area contributed by atoms with Crippen LogP contribution in [0.3, 0.4) is 0 Å². The molecule has 2 N–H and O–H groups in total. The zero-order chi connectivity index (χ0) is 13.8. The van der Waals surface area contributed by atoms with Crippen molar-refractivity contribution < 1.29 is 9.53 Å². The first kappa shape index (κ1) is 17.8. The predicted molar refractivity (Wildman–Crippen MR) is 91.3 cm³/mol. The number of nitrogens with one attached hydrogen (secondary N) is 2. The fourth-order valence-electron chi connectivity index (χ4n) is 2.11. The van der Waals surface area contributed by atoms with Crippen LogP contribution in [-0.4, -0.2) is 32.1 Å². The highest BCUT2D eigenvalue weighted by molar-refractivity contribution is 14.1. The SMILES string of the molecule is COc1cc(I)c(Cl)cc1C(=O)N[C@H]1CCCNC1.Cl. The molecule has 0 bridgehead atoms. The quantitative estimate of drug-likeness (QED) is 0.725. The minimum absolute atomic E-state index is 0. The van der Waals surface area contributed by atoms with Crippen LogP contribution in [0.5, 0.6) is 5.75 Å². The molecule has 1 heterocycles. The van der Waals surface area contributed by atoms with Crippen LogP contribution in [0.25, 0.3) is 0 Å². The molecule has 1 aromatic rings. The van der Waals surface area contributed by atoms with Crippen molar-refractivity contribution in [2.75, 3.05) is 20.2 Å². The average molecular weight is 431 g/mol. The fourth-order valence-corrected chi connectivity index (χ4v) is 2.72. The molecule has 7 heteroatoms. The zero-order valence-corrected chi connectivity index (χ0v) is 14.8. The highest BCUT2D eigenvalue weighted by Crippen LogP contribution is 2.28. The van der Waals surface area contributed by atoms with Gasteiger partial charge < -0.3 is 15.4 Å². The van der Waals surface area contributed by atoms with Crippen molar-refractivity contribution in [3.05, 3.63) is 26.3 Å². The van der Waals surface area contributed by atoms with Gasteiger partial charge in [-0.25, -0.2) is 0 Å². The van der Waals surface area contributed by atoms with E-state index in [2.05, 4.69) is 33.2 Å². The molecule has 0 aromatic heterocycles. The Morgan fingerprint density at radius 2 is 2.30 bits per heavy atom. The van der Waals surface area contributed by atoms with Gasteiger partial charge >= 0.3 is 0 Å². The molecule has 0 saturated carbocycles. The second-order valence-corrected chi connectivity index (χ2v) is 6.05. The van der Waals surface area contributed by atoms with Crippen LogP contribution in [0.2, 0.25) is 5.02 Å². The van der Waals surface area contributed by atoms with E-state index in [1.54, 1.807) is 19.2 Å². The molecule has 1 amide bonds. The summed E-state index contributed by atoms with van der Waals surface area (Å²) in [6.07, 6.45) is 2.08. The summed E-state index contributed by atoms with van der Waals surface area (Å²) in [5.41, 5.74) is 0.485. The molecule has 0 radical (unpaired) electrons. The molecule has 1 aliphatic rings. The van der Waals surface area contributed by atoms with E-state index in [0.29, 0.717) is 16.3 Å². The molecule has 20 heavy (non-hydrogen) atoms. The second-order valence-electron chi connectivity index (χ2n) is 4.48. The molecule has 0 spiro atoms. The minimum atomic E-state index is -0.135. The molecule has 1 atom stereocenters. The average Bonchev–Trinajstić information content (AvgIpc) is 2.42. The van der Waals surface area contributed by atoms with Gasteiger partial charge in [-0.05, 0) is 54.1 Å². The summed E-state index contributed by atoms with van der Waals surface area (Å²) in [7, 11) is 1.55. The number of ether oxygens (including phenoxy) is 1. The molecule has 0 aliphatic carbocycles. The van der Waals surface area contributed by atoms with E-state index in [0.717, 1.165) is 29.5 Å². The number of benzene rings is 1. The number of piperidine rings is 1. The van der Waals surface area contributed by atoms with Gasteiger partial charge in [-0.2, -0.15) is 0 Å². The van der Waals surface area contributed by atoms with Gasteiger partial charge in [0.25, 0.3) is 5.91 Å². The van der Waals surface area contributed by atoms with Gasteiger partial charge in [-0.3, -0.25) is 4.79 Å². The second kappa shape index (κ2) is 8.26. The van der Waals surface area contributed by atoms with Gasteiger partial charge in [0, 0.05) is 16.2 Å². The Hall–Kier alpha value is -0.240. The summed E-state index contributed by atoms with van der Waals surface area (Å²) in [6.45, 7) is 1.83. The maximum Gasteiger partial charge on any atom is 0.255 e. The summed E-state index contributed by atoms with van der Waals surface area (Å²) >= 11 is 8.19. The van der Waals surface area contributed by atoms with Crippen molar-refractivity contribution in [2.45, 2.75) is 18.9 Å². The molecule has 1 fully saturated rings. The Bertz CT molecular complexity index is 480.